The number of carbonyl (C=O) groups excluding carboxylic acids is 1. The molecule has 2 aromatic carbocycles. The molecule has 0 unspecified atom stereocenters. The Kier molecular flexibility index (Phi) is 6.27. The molecule has 0 aliphatic carbocycles. The fourth-order valence-electron chi connectivity index (χ4n) is 4.32. The van der Waals surface area contributed by atoms with Crippen LogP contribution in [-0.2, 0) is 4.74 Å². The van der Waals surface area contributed by atoms with Crippen LogP contribution in [0.3, 0.4) is 0 Å². The lowest BCUT2D eigenvalue weighted by Crippen LogP contribution is -2.50. The molecule has 1 amide bonds. The summed E-state index contributed by atoms with van der Waals surface area (Å²) in [6.07, 6.45) is 3.26. The lowest BCUT2D eigenvalue weighted by molar-refractivity contribution is -0.00115. The van der Waals surface area contributed by atoms with Crippen LogP contribution in [0.5, 0.6) is 5.75 Å². The summed E-state index contributed by atoms with van der Waals surface area (Å²) in [5, 5.41) is 5.32. The van der Waals surface area contributed by atoms with Crippen molar-refractivity contribution >= 4 is 17.5 Å². The van der Waals surface area contributed by atoms with Gasteiger partial charge in [-0.3, -0.25) is 0 Å². The molecule has 1 saturated heterocycles. The first-order valence-electron chi connectivity index (χ1n) is 11.5. The first-order chi connectivity index (χ1) is 16.1. The Morgan fingerprint density at radius 3 is 2.53 bits per heavy atom. The molecule has 1 spiro atoms. The summed E-state index contributed by atoms with van der Waals surface area (Å²) >= 11 is 0. The number of carbonyl (C=O) groups is 1. The molecule has 4 rings (SSSR count). The summed E-state index contributed by atoms with van der Waals surface area (Å²) in [5.41, 5.74) is 9.02. The maximum Gasteiger partial charge on any atom is 0.410 e. The van der Waals surface area contributed by atoms with Gasteiger partial charge < -0.3 is 20.1 Å². The zero-order valence-electron chi connectivity index (χ0n) is 20.2. The standard InChI is InChI=1S/C26H33N5O3/c1-25(2,3)34-24(32)31-14-12-26(13-15-31)17-21(20-10-5-6-11-22(20)33-26)18-8-7-9-19(16-18)23(27)29-30(4)28/h5-11,16-17H,12-15,28H2,1-4H3,(H2,27,29). The fraction of sp³-hybridized carbons (Fsp3) is 0.385. The van der Waals surface area contributed by atoms with Crippen LogP contribution >= 0.6 is 0 Å². The summed E-state index contributed by atoms with van der Waals surface area (Å²) in [6.45, 7) is 6.75. The molecule has 180 valence electrons. The molecule has 2 aromatic rings. The van der Waals surface area contributed by atoms with Gasteiger partial charge in [-0.1, -0.05) is 36.4 Å². The molecular formula is C26H33N5O3. The van der Waals surface area contributed by atoms with E-state index in [9.17, 15) is 4.79 Å². The minimum absolute atomic E-state index is 0.282. The third kappa shape index (κ3) is 5.17. The largest absolute Gasteiger partial charge is 0.482 e. The van der Waals surface area contributed by atoms with Gasteiger partial charge in [0.15, 0.2) is 5.84 Å². The van der Waals surface area contributed by atoms with Crippen molar-refractivity contribution in [3.63, 3.8) is 0 Å². The number of amides is 1. The Hall–Kier alpha value is -3.52. The Labute approximate surface area is 200 Å². The fourth-order valence-corrected chi connectivity index (χ4v) is 4.32. The van der Waals surface area contributed by atoms with E-state index in [0.717, 1.165) is 28.0 Å². The minimum Gasteiger partial charge on any atom is -0.482 e. The maximum atomic E-state index is 12.6. The summed E-state index contributed by atoms with van der Waals surface area (Å²) in [7, 11) is 1.63. The number of hydrazone groups is 1. The number of amidine groups is 1. The average Bonchev–Trinajstić information content (AvgIpc) is 2.77. The van der Waals surface area contributed by atoms with Gasteiger partial charge >= 0.3 is 6.09 Å². The Morgan fingerprint density at radius 2 is 1.85 bits per heavy atom. The molecule has 34 heavy (non-hydrogen) atoms. The second-order valence-electron chi connectivity index (χ2n) is 9.83. The highest BCUT2D eigenvalue weighted by molar-refractivity contribution is 5.98. The van der Waals surface area contributed by atoms with E-state index in [0.29, 0.717) is 31.8 Å². The predicted molar refractivity (Wildman–Crippen MR) is 133 cm³/mol. The Bertz CT molecular complexity index is 1130. The van der Waals surface area contributed by atoms with Gasteiger partial charge in [-0.2, -0.15) is 0 Å². The van der Waals surface area contributed by atoms with Crippen LogP contribution in [0.25, 0.3) is 5.57 Å². The van der Waals surface area contributed by atoms with Crippen LogP contribution in [0.2, 0.25) is 0 Å². The number of hydrogen-bond acceptors (Lipinski definition) is 6. The van der Waals surface area contributed by atoms with Crippen LogP contribution in [-0.4, -0.2) is 53.3 Å². The summed E-state index contributed by atoms with van der Waals surface area (Å²) in [5.74, 6) is 6.81. The van der Waals surface area contributed by atoms with Crippen molar-refractivity contribution in [1.82, 2.24) is 10.0 Å². The molecule has 0 saturated carbocycles. The quantitative estimate of drug-likeness (QED) is 0.311. The molecule has 0 aromatic heterocycles. The number of nitrogens with two attached hydrogens (primary N) is 2. The van der Waals surface area contributed by atoms with Crippen LogP contribution in [0.4, 0.5) is 4.79 Å². The summed E-state index contributed by atoms with van der Waals surface area (Å²) in [4.78, 5) is 14.3. The van der Waals surface area contributed by atoms with Crippen molar-refractivity contribution in [2.75, 3.05) is 20.1 Å². The number of fused-ring (bicyclic) bond motifs is 1. The van der Waals surface area contributed by atoms with Crippen molar-refractivity contribution in [3.8, 4) is 5.75 Å². The number of hydrogen-bond donors (Lipinski definition) is 2. The molecule has 0 bridgehead atoms. The monoisotopic (exact) mass is 463 g/mol. The number of para-hydroxylation sites is 1. The molecule has 2 aliphatic heterocycles. The van der Waals surface area contributed by atoms with Gasteiger partial charge in [0.2, 0.25) is 0 Å². The highest BCUT2D eigenvalue weighted by Crippen LogP contribution is 2.43. The molecule has 4 N–H and O–H groups in total. The van der Waals surface area contributed by atoms with Gasteiger partial charge in [0, 0.05) is 44.1 Å². The molecular weight excluding hydrogens is 430 g/mol. The lowest BCUT2D eigenvalue weighted by atomic mass is 9.82. The second kappa shape index (κ2) is 9.02. The van der Waals surface area contributed by atoms with E-state index in [1.165, 1.54) is 5.12 Å². The van der Waals surface area contributed by atoms with Gasteiger partial charge in [-0.25, -0.2) is 15.8 Å². The van der Waals surface area contributed by atoms with Crippen molar-refractivity contribution in [2.45, 2.75) is 44.8 Å². The number of nitrogens with zero attached hydrogens (tertiary/aromatic N) is 3. The van der Waals surface area contributed by atoms with Gasteiger partial charge in [-0.05, 0) is 50.1 Å². The number of ether oxygens (including phenoxy) is 2. The van der Waals surface area contributed by atoms with Crippen molar-refractivity contribution < 1.29 is 14.3 Å². The Morgan fingerprint density at radius 1 is 1.15 bits per heavy atom. The van der Waals surface area contributed by atoms with E-state index in [2.05, 4.69) is 23.3 Å². The normalized spacial score (nSPS) is 17.5. The van der Waals surface area contributed by atoms with Gasteiger partial charge in [0.25, 0.3) is 0 Å². The molecule has 8 nitrogen and oxygen atoms in total. The number of likely N-dealkylation sites (tertiary alicyclic amines) is 1. The summed E-state index contributed by atoms with van der Waals surface area (Å²) in [6, 6.07) is 16.0. The van der Waals surface area contributed by atoms with Crippen LogP contribution < -0.4 is 16.3 Å². The van der Waals surface area contributed by atoms with Gasteiger partial charge in [-0.15, -0.1) is 5.10 Å². The second-order valence-corrected chi connectivity index (χ2v) is 9.83. The Balaban J connectivity index is 1.65. The van der Waals surface area contributed by atoms with E-state index in [-0.39, 0.29) is 6.09 Å². The molecule has 0 atom stereocenters. The molecule has 2 heterocycles. The molecule has 8 heteroatoms. The molecule has 1 fully saturated rings. The number of benzene rings is 2. The SMILES string of the molecule is CN(N)/N=C(\N)c1cccc(C2=CC3(CCN(C(=O)OC(C)(C)C)CC3)Oc3ccccc32)c1. The zero-order chi connectivity index (χ0) is 24.5. The van der Waals surface area contributed by atoms with Crippen molar-refractivity contribution in [1.29, 1.82) is 0 Å². The minimum atomic E-state index is -0.519. The maximum absolute atomic E-state index is 12.6. The van der Waals surface area contributed by atoms with Crippen LogP contribution in [0.1, 0.15) is 50.3 Å². The topological polar surface area (TPSA) is 106 Å². The summed E-state index contributed by atoms with van der Waals surface area (Å²) < 4.78 is 12.1. The van der Waals surface area contributed by atoms with E-state index in [1.54, 1.807) is 11.9 Å². The number of rotatable bonds is 3. The van der Waals surface area contributed by atoms with E-state index in [1.807, 2.05) is 57.2 Å². The van der Waals surface area contributed by atoms with Gasteiger partial charge in [0.1, 0.15) is 17.0 Å². The van der Waals surface area contributed by atoms with E-state index >= 15 is 0 Å². The highest BCUT2D eigenvalue weighted by Gasteiger charge is 2.40. The molecule has 0 radical (unpaired) electrons. The predicted octanol–water partition coefficient (Wildman–Crippen LogP) is 3.71. The lowest BCUT2D eigenvalue weighted by Gasteiger charge is -2.43. The first kappa shape index (κ1) is 23.6. The van der Waals surface area contributed by atoms with Crippen LogP contribution in [0.15, 0.2) is 59.7 Å². The van der Waals surface area contributed by atoms with E-state index < -0.39 is 11.2 Å². The number of hydrazine groups is 1. The number of piperidine rings is 1. The third-order valence-electron chi connectivity index (χ3n) is 5.89. The average molecular weight is 464 g/mol. The van der Waals surface area contributed by atoms with Crippen molar-refractivity contribution in [2.24, 2.45) is 16.7 Å². The van der Waals surface area contributed by atoms with Crippen LogP contribution in [0, 0.1) is 0 Å². The molecule has 2 aliphatic rings. The highest BCUT2D eigenvalue weighted by atomic mass is 16.6. The van der Waals surface area contributed by atoms with Gasteiger partial charge in [0.05, 0.1) is 0 Å². The van der Waals surface area contributed by atoms with E-state index in [4.69, 9.17) is 21.1 Å². The van der Waals surface area contributed by atoms with Crippen molar-refractivity contribution in [3.05, 3.63) is 71.3 Å². The third-order valence-corrected chi connectivity index (χ3v) is 5.89. The zero-order valence-corrected chi connectivity index (χ0v) is 20.2. The smallest absolute Gasteiger partial charge is 0.410 e. The first-order valence-corrected chi connectivity index (χ1v) is 11.5.